The zero-order valence-corrected chi connectivity index (χ0v) is 17.5. The van der Waals surface area contributed by atoms with Gasteiger partial charge in [-0.3, -0.25) is 4.79 Å². The Bertz CT molecular complexity index is 683. The van der Waals surface area contributed by atoms with Crippen LogP contribution in [0.25, 0.3) is 6.08 Å². The molecule has 0 fully saturated rings. The van der Waals surface area contributed by atoms with Crippen molar-refractivity contribution >= 4 is 17.8 Å². The molecular formula is C23H32O4. The van der Waals surface area contributed by atoms with Gasteiger partial charge in [0.15, 0.2) is 0 Å². The number of ether oxygens (including phenoxy) is 2. The summed E-state index contributed by atoms with van der Waals surface area (Å²) < 4.78 is 10.6. The number of carbonyl (C=O) groups is 2. The number of hydrogen-bond acceptors (Lipinski definition) is 4. The lowest BCUT2D eigenvalue weighted by Gasteiger charge is -2.34. The van der Waals surface area contributed by atoms with E-state index in [0.29, 0.717) is 6.42 Å². The highest BCUT2D eigenvalue weighted by Crippen LogP contribution is 2.32. The van der Waals surface area contributed by atoms with E-state index in [1.165, 1.54) is 6.08 Å². The molecule has 1 atom stereocenters. The van der Waals surface area contributed by atoms with E-state index in [-0.39, 0.29) is 16.9 Å². The number of benzene rings is 1. The first-order chi connectivity index (χ1) is 12.4. The molecule has 0 saturated heterocycles. The Morgan fingerprint density at radius 1 is 1.00 bits per heavy atom. The number of ketones is 1. The van der Waals surface area contributed by atoms with Gasteiger partial charge >= 0.3 is 5.97 Å². The topological polar surface area (TPSA) is 52.6 Å². The normalized spacial score (nSPS) is 13.7. The SMILES string of the molecule is COc1ccc(C=CC=CC(=O)C(=O)OC(CC(C)(C)C)C(C)(C)C)cc1. The average Bonchev–Trinajstić information content (AvgIpc) is 2.56. The zero-order valence-electron chi connectivity index (χ0n) is 17.5. The van der Waals surface area contributed by atoms with Crippen LogP contribution in [-0.2, 0) is 14.3 Å². The number of rotatable bonds is 7. The lowest BCUT2D eigenvalue weighted by Crippen LogP contribution is -2.36. The third kappa shape index (κ3) is 8.72. The van der Waals surface area contributed by atoms with Crippen LogP contribution in [0, 0.1) is 10.8 Å². The first kappa shape index (κ1) is 22.7. The second-order valence-electron chi connectivity index (χ2n) is 8.88. The van der Waals surface area contributed by atoms with E-state index in [1.807, 2.05) is 51.1 Å². The maximum Gasteiger partial charge on any atom is 0.379 e. The molecule has 0 saturated carbocycles. The fourth-order valence-electron chi connectivity index (χ4n) is 2.36. The summed E-state index contributed by atoms with van der Waals surface area (Å²) in [7, 11) is 1.62. The molecule has 0 aromatic heterocycles. The Morgan fingerprint density at radius 2 is 1.59 bits per heavy atom. The number of allylic oxidation sites excluding steroid dienone is 2. The average molecular weight is 373 g/mol. The summed E-state index contributed by atoms with van der Waals surface area (Å²) in [5.41, 5.74) is 0.729. The van der Waals surface area contributed by atoms with Crippen LogP contribution < -0.4 is 4.74 Å². The van der Waals surface area contributed by atoms with Crippen molar-refractivity contribution in [1.29, 1.82) is 0 Å². The second-order valence-corrected chi connectivity index (χ2v) is 8.88. The number of carbonyl (C=O) groups excluding carboxylic acids is 2. The highest BCUT2D eigenvalue weighted by atomic mass is 16.5. The van der Waals surface area contributed by atoms with Gasteiger partial charge in [-0.2, -0.15) is 0 Å². The van der Waals surface area contributed by atoms with E-state index in [1.54, 1.807) is 19.3 Å². The molecule has 27 heavy (non-hydrogen) atoms. The predicted octanol–water partition coefficient (Wildman–Crippen LogP) is 5.23. The van der Waals surface area contributed by atoms with E-state index in [9.17, 15) is 9.59 Å². The van der Waals surface area contributed by atoms with Crippen LogP contribution >= 0.6 is 0 Å². The van der Waals surface area contributed by atoms with Crippen LogP contribution in [-0.4, -0.2) is 25.0 Å². The molecule has 1 unspecified atom stereocenters. The van der Waals surface area contributed by atoms with Gasteiger partial charge in [0.05, 0.1) is 7.11 Å². The molecule has 0 aliphatic heterocycles. The Kier molecular flexibility index (Phi) is 8.01. The second kappa shape index (κ2) is 9.54. The highest BCUT2D eigenvalue weighted by Gasteiger charge is 2.33. The standard InChI is InChI=1S/C23H32O4/c1-22(2,3)16-20(23(4,5)6)27-21(25)19(24)11-9-8-10-17-12-14-18(26-7)15-13-17/h8-15,20H,16H2,1-7H3. The van der Waals surface area contributed by atoms with Gasteiger partial charge < -0.3 is 9.47 Å². The highest BCUT2D eigenvalue weighted by molar-refractivity contribution is 6.38. The predicted molar refractivity (Wildman–Crippen MR) is 110 cm³/mol. The Balaban J connectivity index is 2.67. The fourth-order valence-corrected chi connectivity index (χ4v) is 2.36. The lowest BCUT2D eigenvalue weighted by molar-refractivity contribution is -0.162. The van der Waals surface area contributed by atoms with Gasteiger partial charge in [-0.15, -0.1) is 0 Å². The molecule has 0 spiro atoms. The van der Waals surface area contributed by atoms with E-state index in [4.69, 9.17) is 9.47 Å². The van der Waals surface area contributed by atoms with Gasteiger partial charge in [-0.25, -0.2) is 4.79 Å². The zero-order chi connectivity index (χ0) is 20.7. The van der Waals surface area contributed by atoms with Gasteiger partial charge in [-0.1, -0.05) is 71.9 Å². The van der Waals surface area contributed by atoms with Crippen LogP contribution in [0.2, 0.25) is 0 Å². The molecule has 1 rings (SSSR count). The van der Waals surface area contributed by atoms with Crippen LogP contribution in [0.3, 0.4) is 0 Å². The fraction of sp³-hybridized carbons (Fsp3) is 0.478. The third-order valence-electron chi connectivity index (χ3n) is 3.98. The molecule has 1 aromatic rings. The van der Waals surface area contributed by atoms with Crippen LogP contribution in [0.5, 0.6) is 5.75 Å². The van der Waals surface area contributed by atoms with Gasteiger partial charge in [0.2, 0.25) is 0 Å². The maximum absolute atomic E-state index is 12.2. The van der Waals surface area contributed by atoms with Gasteiger partial charge in [0.1, 0.15) is 11.9 Å². The minimum absolute atomic E-state index is 0.00177. The Hall–Kier alpha value is -2.36. The molecule has 0 aliphatic carbocycles. The molecule has 1 aromatic carbocycles. The molecule has 0 amide bonds. The van der Waals surface area contributed by atoms with Crippen molar-refractivity contribution in [2.75, 3.05) is 7.11 Å². The number of methoxy groups -OCH3 is 1. The van der Waals surface area contributed by atoms with Crippen molar-refractivity contribution in [2.24, 2.45) is 10.8 Å². The summed E-state index contributed by atoms with van der Waals surface area (Å²) in [5.74, 6) is -0.685. The smallest absolute Gasteiger partial charge is 0.379 e. The molecule has 0 N–H and O–H groups in total. The van der Waals surface area contributed by atoms with Crippen molar-refractivity contribution in [3.63, 3.8) is 0 Å². The molecule has 0 aliphatic rings. The lowest BCUT2D eigenvalue weighted by atomic mass is 9.78. The van der Waals surface area contributed by atoms with Crippen molar-refractivity contribution in [2.45, 2.75) is 54.1 Å². The van der Waals surface area contributed by atoms with E-state index in [0.717, 1.165) is 11.3 Å². The van der Waals surface area contributed by atoms with Crippen molar-refractivity contribution in [3.8, 4) is 5.75 Å². The Labute approximate surface area is 163 Å². The summed E-state index contributed by atoms with van der Waals surface area (Å²) in [6.07, 6.45) is 6.70. The number of hydrogen-bond donors (Lipinski definition) is 0. The molecular weight excluding hydrogens is 340 g/mol. The molecule has 4 heteroatoms. The third-order valence-corrected chi connectivity index (χ3v) is 3.98. The summed E-state index contributed by atoms with van der Waals surface area (Å²) in [6, 6.07) is 7.51. The van der Waals surface area contributed by atoms with Gasteiger partial charge in [0.25, 0.3) is 5.78 Å². The molecule has 0 radical (unpaired) electrons. The van der Waals surface area contributed by atoms with Crippen molar-refractivity contribution in [1.82, 2.24) is 0 Å². The number of esters is 1. The van der Waals surface area contributed by atoms with Crippen molar-refractivity contribution in [3.05, 3.63) is 48.1 Å². The monoisotopic (exact) mass is 372 g/mol. The largest absolute Gasteiger partial charge is 0.497 e. The van der Waals surface area contributed by atoms with Gasteiger partial charge in [-0.05, 0) is 41.0 Å². The quantitative estimate of drug-likeness (QED) is 0.285. The summed E-state index contributed by atoms with van der Waals surface area (Å²) in [6.45, 7) is 12.3. The van der Waals surface area contributed by atoms with E-state index < -0.39 is 11.8 Å². The molecule has 0 bridgehead atoms. The first-order valence-corrected chi connectivity index (χ1v) is 9.16. The molecule has 0 heterocycles. The summed E-state index contributed by atoms with van der Waals surface area (Å²) >= 11 is 0. The van der Waals surface area contributed by atoms with E-state index in [2.05, 4.69) is 20.8 Å². The molecule has 148 valence electrons. The molecule has 4 nitrogen and oxygen atoms in total. The minimum Gasteiger partial charge on any atom is -0.497 e. The van der Waals surface area contributed by atoms with Gasteiger partial charge in [0, 0.05) is 0 Å². The summed E-state index contributed by atoms with van der Waals surface area (Å²) in [5, 5.41) is 0. The van der Waals surface area contributed by atoms with E-state index >= 15 is 0 Å². The summed E-state index contributed by atoms with van der Waals surface area (Å²) in [4.78, 5) is 24.2. The minimum atomic E-state index is -0.812. The maximum atomic E-state index is 12.2. The van der Waals surface area contributed by atoms with Crippen molar-refractivity contribution < 1.29 is 19.1 Å². The Morgan fingerprint density at radius 3 is 2.07 bits per heavy atom. The first-order valence-electron chi connectivity index (χ1n) is 9.16. The van der Waals surface area contributed by atoms with Crippen LogP contribution in [0.4, 0.5) is 0 Å². The van der Waals surface area contributed by atoms with Crippen LogP contribution in [0.1, 0.15) is 53.5 Å². The van der Waals surface area contributed by atoms with Crippen LogP contribution in [0.15, 0.2) is 42.5 Å².